The molecule has 0 saturated carbocycles. The molecule has 2 heterocycles. The highest BCUT2D eigenvalue weighted by Crippen LogP contribution is 2.42. The summed E-state index contributed by atoms with van der Waals surface area (Å²) in [6, 6.07) is 6.42. The summed E-state index contributed by atoms with van der Waals surface area (Å²) in [4.78, 5) is 9.37. The van der Waals surface area contributed by atoms with E-state index in [9.17, 15) is 0 Å². The second-order valence-corrected chi connectivity index (χ2v) is 7.23. The van der Waals surface area contributed by atoms with Crippen LogP contribution in [-0.4, -0.2) is 9.97 Å². The molecule has 0 aliphatic carbocycles. The minimum Gasteiger partial charge on any atom is -0.435 e. The molecule has 0 fully saturated rings. The van der Waals surface area contributed by atoms with Crippen LogP contribution in [-0.2, 0) is 12.8 Å². The molecule has 140 valence electrons. The predicted octanol–water partition coefficient (Wildman–Crippen LogP) is 6.49. The van der Waals surface area contributed by atoms with Crippen LogP contribution in [0.2, 0.25) is 0 Å². The van der Waals surface area contributed by atoms with Gasteiger partial charge in [0.15, 0.2) is 5.75 Å². The Morgan fingerprint density at radius 2 is 1.73 bits per heavy atom. The van der Waals surface area contributed by atoms with Crippen molar-refractivity contribution in [2.24, 2.45) is 0 Å². The summed E-state index contributed by atoms with van der Waals surface area (Å²) < 4.78 is 6.15. The second-order valence-electron chi connectivity index (χ2n) is 7.23. The molecule has 4 heteroatoms. The van der Waals surface area contributed by atoms with Gasteiger partial charge in [0.05, 0.1) is 11.4 Å². The predicted molar refractivity (Wildman–Crippen MR) is 108 cm³/mol. The smallest absolute Gasteiger partial charge is 0.247 e. The first kappa shape index (κ1) is 18.7. The zero-order valence-corrected chi connectivity index (χ0v) is 16.4. The van der Waals surface area contributed by atoms with Gasteiger partial charge in [0.25, 0.3) is 0 Å². The van der Waals surface area contributed by atoms with Crippen LogP contribution in [0.4, 0.5) is 11.4 Å². The van der Waals surface area contributed by atoms with Gasteiger partial charge in [0.1, 0.15) is 11.5 Å². The molecule has 0 saturated heterocycles. The fraction of sp³-hybridized carbons (Fsp3) is 0.545. The summed E-state index contributed by atoms with van der Waals surface area (Å²) >= 11 is 0. The summed E-state index contributed by atoms with van der Waals surface area (Å²) in [5.74, 6) is 2.43. The van der Waals surface area contributed by atoms with E-state index in [4.69, 9.17) is 4.74 Å². The van der Waals surface area contributed by atoms with E-state index in [0.717, 1.165) is 47.9 Å². The van der Waals surface area contributed by atoms with Crippen LogP contribution in [0.25, 0.3) is 0 Å². The molecule has 0 unspecified atom stereocenters. The van der Waals surface area contributed by atoms with Crippen molar-refractivity contribution < 1.29 is 4.74 Å². The number of aryl methyl sites for hydroxylation is 3. The van der Waals surface area contributed by atoms with Crippen LogP contribution in [0.5, 0.6) is 11.6 Å². The van der Waals surface area contributed by atoms with Crippen LogP contribution in [0.1, 0.15) is 75.9 Å². The van der Waals surface area contributed by atoms with Crippen molar-refractivity contribution in [2.45, 2.75) is 78.6 Å². The van der Waals surface area contributed by atoms with Crippen molar-refractivity contribution in [3.05, 3.63) is 35.3 Å². The van der Waals surface area contributed by atoms with Gasteiger partial charge in [-0.25, -0.2) is 4.98 Å². The second kappa shape index (κ2) is 9.02. The first-order valence-electron chi connectivity index (χ1n) is 10.2. The Bertz CT molecular complexity index is 742. The highest BCUT2D eigenvalue weighted by molar-refractivity contribution is 5.75. The minimum atomic E-state index is 0.668. The van der Waals surface area contributed by atoms with Gasteiger partial charge in [-0.1, -0.05) is 52.0 Å². The van der Waals surface area contributed by atoms with Crippen LogP contribution < -0.4 is 10.1 Å². The first-order valence-corrected chi connectivity index (χ1v) is 10.2. The average Bonchev–Trinajstić information content (AvgIpc) is 2.65. The molecule has 26 heavy (non-hydrogen) atoms. The van der Waals surface area contributed by atoms with Gasteiger partial charge < -0.3 is 10.1 Å². The van der Waals surface area contributed by atoms with Gasteiger partial charge in [0.2, 0.25) is 5.88 Å². The molecule has 1 aliphatic heterocycles. The third-order valence-corrected chi connectivity index (χ3v) is 4.94. The molecule has 1 aliphatic rings. The van der Waals surface area contributed by atoms with Crippen molar-refractivity contribution in [3.8, 4) is 11.6 Å². The van der Waals surface area contributed by atoms with Crippen LogP contribution in [0.15, 0.2) is 18.2 Å². The Morgan fingerprint density at radius 3 is 2.54 bits per heavy atom. The summed E-state index contributed by atoms with van der Waals surface area (Å²) in [7, 11) is 0. The molecule has 0 radical (unpaired) electrons. The van der Waals surface area contributed by atoms with Gasteiger partial charge in [0, 0.05) is 6.42 Å². The Kier molecular flexibility index (Phi) is 6.48. The Hall–Kier alpha value is -2.10. The molecule has 0 spiro atoms. The SMILES string of the molecule is CCCCCCCc1nc(C)c2c(n1)Oc1cc(CCCC)ccc1N2. The maximum Gasteiger partial charge on any atom is 0.247 e. The molecular formula is C22H31N3O. The lowest BCUT2D eigenvalue weighted by Gasteiger charge is -2.23. The van der Waals surface area contributed by atoms with E-state index in [1.54, 1.807) is 0 Å². The number of nitrogens with one attached hydrogen (secondary N) is 1. The van der Waals surface area contributed by atoms with Crippen molar-refractivity contribution in [1.82, 2.24) is 9.97 Å². The molecule has 1 aromatic carbocycles. The van der Waals surface area contributed by atoms with Crippen molar-refractivity contribution >= 4 is 11.4 Å². The standard InChI is InChI=1S/C22H31N3O/c1-4-6-8-9-10-12-20-23-16(3)21-22(25-20)26-19-15-17(11-7-5-2)13-14-18(19)24-21/h13-15,24H,4-12H2,1-3H3. The molecule has 1 N–H and O–H groups in total. The Morgan fingerprint density at radius 1 is 0.923 bits per heavy atom. The molecule has 0 amide bonds. The van der Waals surface area contributed by atoms with E-state index in [1.807, 2.05) is 6.92 Å². The highest BCUT2D eigenvalue weighted by Gasteiger charge is 2.21. The fourth-order valence-corrected chi connectivity index (χ4v) is 3.35. The van der Waals surface area contributed by atoms with E-state index >= 15 is 0 Å². The number of unbranched alkanes of at least 4 members (excludes halogenated alkanes) is 5. The molecule has 2 aromatic rings. The third kappa shape index (κ3) is 4.54. The van der Waals surface area contributed by atoms with Gasteiger partial charge >= 0.3 is 0 Å². The quantitative estimate of drug-likeness (QED) is 0.447. The van der Waals surface area contributed by atoms with E-state index in [0.29, 0.717) is 5.88 Å². The lowest BCUT2D eigenvalue weighted by atomic mass is 10.1. The number of ether oxygens (including phenoxy) is 1. The zero-order valence-electron chi connectivity index (χ0n) is 16.4. The number of hydrogen-bond acceptors (Lipinski definition) is 4. The topological polar surface area (TPSA) is 47.0 Å². The molecule has 4 nitrogen and oxygen atoms in total. The molecular weight excluding hydrogens is 322 g/mol. The molecule has 1 aromatic heterocycles. The van der Waals surface area contributed by atoms with Crippen molar-refractivity contribution in [3.63, 3.8) is 0 Å². The van der Waals surface area contributed by atoms with E-state index in [1.165, 1.54) is 44.1 Å². The largest absolute Gasteiger partial charge is 0.435 e. The minimum absolute atomic E-state index is 0.668. The van der Waals surface area contributed by atoms with Crippen molar-refractivity contribution in [2.75, 3.05) is 5.32 Å². The number of fused-ring (bicyclic) bond motifs is 2. The summed E-state index contributed by atoms with van der Waals surface area (Å²) in [6.45, 7) is 6.49. The normalized spacial score (nSPS) is 12.1. The molecule has 0 bridgehead atoms. The fourth-order valence-electron chi connectivity index (χ4n) is 3.35. The maximum atomic E-state index is 6.15. The summed E-state index contributed by atoms with van der Waals surface area (Å²) in [6.07, 6.45) is 10.7. The van der Waals surface area contributed by atoms with Gasteiger partial charge in [-0.2, -0.15) is 4.98 Å². The third-order valence-electron chi connectivity index (χ3n) is 4.94. The number of aromatic nitrogens is 2. The summed E-state index contributed by atoms with van der Waals surface area (Å²) in [5, 5.41) is 3.45. The number of rotatable bonds is 9. The first-order chi connectivity index (χ1) is 12.7. The Labute approximate surface area is 157 Å². The van der Waals surface area contributed by atoms with Gasteiger partial charge in [-0.05, 0) is 43.9 Å². The molecule has 3 rings (SSSR count). The number of anilines is 2. The number of hydrogen-bond donors (Lipinski definition) is 1. The van der Waals surface area contributed by atoms with Crippen LogP contribution >= 0.6 is 0 Å². The van der Waals surface area contributed by atoms with Crippen LogP contribution in [0, 0.1) is 6.92 Å². The van der Waals surface area contributed by atoms with Gasteiger partial charge in [-0.3, -0.25) is 0 Å². The summed E-state index contributed by atoms with van der Waals surface area (Å²) in [5.41, 5.74) is 4.17. The lowest BCUT2D eigenvalue weighted by molar-refractivity contribution is 0.454. The van der Waals surface area contributed by atoms with E-state index in [-0.39, 0.29) is 0 Å². The highest BCUT2D eigenvalue weighted by atomic mass is 16.5. The number of nitrogens with zero attached hydrogens (tertiary/aromatic N) is 2. The number of benzene rings is 1. The van der Waals surface area contributed by atoms with E-state index in [2.05, 4.69) is 47.3 Å². The van der Waals surface area contributed by atoms with Crippen LogP contribution in [0.3, 0.4) is 0 Å². The zero-order chi connectivity index (χ0) is 18.4. The van der Waals surface area contributed by atoms with Gasteiger partial charge in [-0.15, -0.1) is 0 Å². The van der Waals surface area contributed by atoms with Crippen molar-refractivity contribution in [1.29, 1.82) is 0 Å². The monoisotopic (exact) mass is 353 g/mol. The maximum absolute atomic E-state index is 6.15. The molecule has 0 atom stereocenters. The Balaban J connectivity index is 1.71. The van der Waals surface area contributed by atoms with E-state index < -0.39 is 0 Å². The average molecular weight is 354 g/mol. The lowest BCUT2D eigenvalue weighted by Crippen LogP contribution is -2.10.